The van der Waals surface area contributed by atoms with E-state index >= 15 is 0 Å². The van der Waals surface area contributed by atoms with E-state index in [1.807, 2.05) is 16.8 Å². The van der Waals surface area contributed by atoms with Gasteiger partial charge in [0.1, 0.15) is 17.8 Å². The molecule has 27 heavy (non-hydrogen) atoms. The van der Waals surface area contributed by atoms with Crippen molar-refractivity contribution in [3.05, 3.63) is 59.9 Å². The van der Waals surface area contributed by atoms with Crippen molar-refractivity contribution in [1.82, 2.24) is 19.7 Å². The average molecular weight is 359 g/mol. The normalized spacial score (nSPS) is 15.9. The molecular weight excluding hydrogens is 342 g/mol. The summed E-state index contributed by atoms with van der Waals surface area (Å²) in [7, 11) is 0. The minimum atomic E-state index is -0.211. The molecule has 1 aliphatic carbocycles. The van der Waals surface area contributed by atoms with Crippen LogP contribution in [-0.2, 0) is 6.42 Å². The van der Waals surface area contributed by atoms with Gasteiger partial charge in [0.15, 0.2) is 17.1 Å². The third kappa shape index (κ3) is 2.32. The molecule has 0 aliphatic heterocycles. The zero-order valence-electron chi connectivity index (χ0n) is 14.4. The molecule has 0 saturated heterocycles. The standard InChI is InChI=1S/C20H17N5O2/c21-19-17-18(12-6-8-15(26)16(27)9-12)24-25(20(17)23-10-22-19)14-7-5-11-3-1-2-4-13(11)14/h1-4,6,8-10,14,26-27H,5,7H2,(H2,21,22,23). The Labute approximate surface area is 154 Å². The van der Waals surface area contributed by atoms with E-state index in [1.54, 1.807) is 6.07 Å². The highest BCUT2D eigenvalue weighted by Gasteiger charge is 2.28. The van der Waals surface area contributed by atoms with E-state index in [9.17, 15) is 10.2 Å². The van der Waals surface area contributed by atoms with Crippen LogP contribution in [0.4, 0.5) is 5.82 Å². The van der Waals surface area contributed by atoms with Crippen LogP contribution in [0.3, 0.4) is 0 Å². The van der Waals surface area contributed by atoms with E-state index in [0.29, 0.717) is 28.1 Å². The Morgan fingerprint density at radius 1 is 1.04 bits per heavy atom. The predicted octanol–water partition coefficient (Wildman–Crippen LogP) is 3.02. The van der Waals surface area contributed by atoms with Crippen molar-refractivity contribution < 1.29 is 10.2 Å². The number of hydrogen-bond donors (Lipinski definition) is 3. The Bertz CT molecular complexity index is 1180. The van der Waals surface area contributed by atoms with Gasteiger partial charge in [-0.2, -0.15) is 5.10 Å². The first-order valence-corrected chi connectivity index (χ1v) is 8.72. The SMILES string of the molecule is Nc1ncnc2c1c(-c1ccc(O)c(O)c1)nn2C1CCc2ccccc21. The van der Waals surface area contributed by atoms with Crippen molar-refractivity contribution in [2.45, 2.75) is 18.9 Å². The van der Waals surface area contributed by atoms with Gasteiger partial charge in [-0.15, -0.1) is 0 Å². The van der Waals surface area contributed by atoms with E-state index in [1.165, 1.54) is 29.6 Å². The van der Waals surface area contributed by atoms with Gasteiger partial charge in [0.2, 0.25) is 0 Å². The monoisotopic (exact) mass is 359 g/mol. The number of phenols is 2. The summed E-state index contributed by atoms with van der Waals surface area (Å²) in [6.07, 6.45) is 3.35. The molecule has 0 saturated carbocycles. The minimum absolute atomic E-state index is 0.0671. The van der Waals surface area contributed by atoms with Crippen molar-refractivity contribution in [2.75, 3.05) is 5.73 Å². The van der Waals surface area contributed by atoms with Gasteiger partial charge in [0.25, 0.3) is 0 Å². The van der Waals surface area contributed by atoms with Crippen LogP contribution in [0.5, 0.6) is 11.5 Å². The molecule has 1 aliphatic rings. The summed E-state index contributed by atoms with van der Waals surface area (Å²) in [5.41, 5.74) is 10.6. The number of phenolic OH excluding ortho intramolecular Hbond substituents is 2. The van der Waals surface area contributed by atoms with E-state index in [0.717, 1.165) is 12.8 Å². The van der Waals surface area contributed by atoms with E-state index in [4.69, 9.17) is 10.8 Å². The van der Waals surface area contributed by atoms with Crippen molar-refractivity contribution in [3.8, 4) is 22.8 Å². The summed E-state index contributed by atoms with van der Waals surface area (Å²) in [5.74, 6) is -0.0617. The average Bonchev–Trinajstić information content (AvgIpc) is 3.26. The number of nitrogens with zero attached hydrogens (tertiary/aromatic N) is 4. The lowest BCUT2D eigenvalue weighted by Crippen LogP contribution is -2.10. The number of anilines is 1. The lowest BCUT2D eigenvalue weighted by molar-refractivity contribution is 0.404. The molecule has 7 nitrogen and oxygen atoms in total. The molecule has 134 valence electrons. The van der Waals surface area contributed by atoms with E-state index in [-0.39, 0.29) is 17.5 Å². The molecule has 4 aromatic rings. The summed E-state index contributed by atoms with van der Waals surface area (Å²) >= 11 is 0. The molecule has 0 radical (unpaired) electrons. The number of nitrogens with two attached hydrogens (primary N) is 1. The number of rotatable bonds is 2. The first-order chi connectivity index (χ1) is 13.1. The summed E-state index contributed by atoms with van der Waals surface area (Å²) in [5, 5.41) is 25.0. The number of aromatic hydroxyl groups is 2. The lowest BCUT2D eigenvalue weighted by Gasteiger charge is -2.13. The first kappa shape index (κ1) is 15.6. The predicted molar refractivity (Wildman–Crippen MR) is 101 cm³/mol. The molecule has 2 heterocycles. The van der Waals surface area contributed by atoms with Gasteiger partial charge in [0.05, 0.1) is 11.4 Å². The second kappa shape index (κ2) is 5.70. The molecule has 1 unspecified atom stereocenters. The van der Waals surface area contributed by atoms with Crippen LogP contribution >= 0.6 is 0 Å². The second-order valence-electron chi connectivity index (χ2n) is 6.71. The Kier molecular flexibility index (Phi) is 3.30. The van der Waals surface area contributed by atoms with Gasteiger partial charge in [-0.3, -0.25) is 0 Å². The number of benzene rings is 2. The maximum Gasteiger partial charge on any atom is 0.164 e. The van der Waals surface area contributed by atoms with Crippen molar-refractivity contribution in [1.29, 1.82) is 0 Å². The molecule has 5 rings (SSSR count). The molecule has 2 aromatic heterocycles. The maximum absolute atomic E-state index is 9.90. The summed E-state index contributed by atoms with van der Waals surface area (Å²) in [6.45, 7) is 0. The lowest BCUT2D eigenvalue weighted by atomic mass is 10.1. The Morgan fingerprint density at radius 3 is 2.74 bits per heavy atom. The summed E-state index contributed by atoms with van der Waals surface area (Å²) in [4.78, 5) is 8.56. The molecule has 0 bridgehead atoms. The number of fused-ring (bicyclic) bond motifs is 2. The molecule has 2 aromatic carbocycles. The van der Waals surface area contributed by atoms with Crippen molar-refractivity contribution in [2.24, 2.45) is 0 Å². The van der Waals surface area contributed by atoms with Crippen LogP contribution in [0, 0.1) is 0 Å². The van der Waals surface area contributed by atoms with Gasteiger partial charge in [-0.25, -0.2) is 14.6 Å². The smallest absolute Gasteiger partial charge is 0.164 e. The van der Waals surface area contributed by atoms with Crippen molar-refractivity contribution >= 4 is 16.9 Å². The largest absolute Gasteiger partial charge is 0.504 e. The zero-order chi connectivity index (χ0) is 18.5. The third-order valence-electron chi connectivity index (χ3n) is 5.16. The minimum Gasteiger partial charge on any atom is -0.504 e. The van der Waals surface area contributed by atoms with Gasteiger partial charge in [-0.05, 0) is 42.2 Å². The summed E-state index contributed by atoms with van der Waals surface area (Å²) in [6, 6.07) is 13.0. The highest BCUT2D eigenvalue weighted by molar-refractivity contribution is 5.98. The number of hydrogen-bond acceptors (Lipinski definition) is 6. The molecule has 0 spiro atoms. The van der Waals surface area contributed by atoms with Gasteiger partial charge in [0, 0.05) is 5.56 Å². The topological polar surface area (TPSA) is 110 Å². The number of nitrogen functional groups attached to an aromatic ring is 1. The fourth-order valence-corrected chi connectivity index (χ4v) is 3.87. The van der Waals surface area contributed by atoms with Crippen molar-refractivity contribution in [3.63, 3.8) is 0 Å². The molecule has 4 N–H and O–H groups in total. The fraction of sp³-hybridized carbons (Fsp3) is 0.150. The highest BCUT2D eigenvalue weighted by Crippen LogP contribution is 2.39. The third-order valence-corrected chi connectivity index (χ3v) is 5.16. The maximum atomic E-state index is 9.90. The molecule has 0 fully saturated rings. The number of aryl methyl sites for hydroxylation is 1. The highest BCUT2D eigenvalue weighted by atomic mass is 16.3. The Balaban J connectivity index is 1.76. The van der Waals surface area contributed by atoms with Crippen LogP contribution in [0.15, 0.2) is 48.8 Å². The van der Waals surface area contributed by atoms with Gasteiger partial charge < -0.3 is 15.9 Å². The van der Waals surface area contributed by atoms with Crippen LogP contribution < -0.4 is 5.73 Å². The molecule has 0 amide bonds. The molecule has 1 atom stereocenters. The zero-order valence-corrected chi connectivity index (χ0v) is 14.4. The fourth-order valence-electron chi connectivity index (χ4n) is 3.87. The van der Waals surface area contributed by atoms with Crippen LogP contribution in [0.2, 0.25) is 0 Å². The number of aromatic nitrogens is 4. The quantitative estimate of drug-likeness (QED) is 0.475. The summed E-state index contributed by atoms with van der Waals surface area (Å²) < 4.78 is 1.90. The molecule has 7 heteroatoms. The van der Waals surface area contributed by atoms with E-state index < -0.39 is 0 Å². The van der Waals surface area contributed by atoms with Crippen LogP contribution in [-0.4, -0.2) is 30.0 Å². The van der Waals surface area contributed by atoms with E-state index in [2.05, 4.69) is 22.1 Å². The van der Waals surface area contributed by atoms with Gasteiger partial charge in [-0.1, -0.05) is 24.3 Å². The Morgan fingerprint density at radius 2 is 1.89 bits per heavy atom. The van der Waals surface area contributed by atoms with Crippen LogP contribution in [0.25, 0.3) is 22.3 Å². The van der Waals surface area contributed by atoms with Gasteiger partial charge >= 0.3 is 0 Å². The Hall–Kier alpha value is -3.61. The molecular formula is C20H17N5O2. The first-order valence-electron chi connectivity index (χ1n) is 8.72. The van der Waals surface area contributed by atoms with Crippen LogP contribution in [0.1, 0.15) is 23.6 Å². The second-order valence-corrected chi connectivity index (χ2v) is 6.71.